The molecule has 0 aliphatic carbocycles. The van der Waals surface area contributed by atoms with E-state index >= 15 is 0 Å². The fraction of sp³-hybridized carbons (Fsp3) is 0.579. The van der Waals surface area contributed by atoms with E-state index in [1.807, 2.05) is 4.90 Å². The van der Waals surface area contributed by atoms with Crippen LogP contribution < -0.4 is 20.4 Å². The third kappa shape index (κ3) is 5.04. The first-order chi connectivity index (χ1) is 14.2. The van der Waals surface area contributed by atoms with E-state index in [9.17, 15) is 19.7 Å². The number of likely N-dealkylation sites (tertiary alicyclic amines) is 1. The Labute approximate surface area is 175 Å². The Hall–Kier alpha value is -2.34. The minimum atomic E-state index is -1.18. The van der Waals surface area contributed by atoms with E-state index in [2.05, 4.69) is 5.32 Å². The first-order valence-corrected chi connectivity index (χ1v) is 10.0. The van der Waals surface area contributed by atoms with E-state index in [4.69, 9.17) is 20.2 Å². The molecule has 0 unspecified atom stereocenters. The van der Waals surface area contributed by atoms with Gasteiger partial charge in [-0.05, 0) is 37.7 Å². The number of amides is 1. The lowest BCUT2D eigenvalue weighted by atomic mass is 9.78. The summed E-state index contributed by atoms with van der Waals surface area (Å²) in [5.41, 5.74) is 5.68. The minimum absolute atomic E-state index is 0.00225. The third-order valence-electron chi connectivity index (χ3n) is 5.24. The molecule has 11 heteroatoms. The molecule has 1 saturated heterocycles. The van der Waals surface area contributed by atoms with E-state index < -0.39 is 18.6 Å². The van der Waals surface area contributed by atoms with Crippen LogP contribution in [0, 0.1) is 0 Å². The zero-order chi connectivity index (χ0) is 21.9. The van der Waals surface area contributed by atoms with Crippen LogP contribution in [0.2, 0.25) is 6.32 Å². The summed E-state index contributed by atoms with van der Waals surface area (Å²) in [6, 6.07) is 3.38. The number of nitrogens with zero attached hydrogens (tertiary/aromatic N) is 1. The number of fused-ring (bicyclic) bond motifs is 1. The molecule has 30 heavy (non-hydrogen) atoms. The number of benzene rings is 1. The highest BCUT2D eigenvalue weighted by Gasteiger charge is 2.38. The number of carboxylic acid groups (broad SMARTS) is 1. The molecule has 2 aliphatic heterocycles. The molecule has 6 N–H and O–H groups in total. The molecule has 2 heterocycles. The number of aliphatic hydroxyl groups excluding tert-OH is 1. The van der Waals surface area contributed by atoms with E-state index in [1.54, 1.807) is 19.1 Å². The van der Waals surface area contributed by atoms with Crippen molar-refractivity contribution < 1.29 is 34.2 Å². The number of rotatable bonds is 9. The molecule has 1 amide bonds. The van der Waals surface area contributed by atoms with Crippen molar-refractivity contribution >= 4 is 19.0 Å². The largest absolute Gasteiger partial charge is 0.535 e. The Bertz CT molecular complexity index is 799. The minimum Gasteiger partial charge on any atom is -0.535 e. The Morgan fingerprint density at radius 2 is 2.17 bits per heavy atom. The number of hydrogen-bond donors (Lipinski definition) is 5. The van der Waals surface area contributed by atoms with Crippen molar-refractivity contribution in [2.75, 3.05) is 32.8 Å². The highest BCUT2D eigenvalue weighted by atomic mass is 16.5. The van der Waals surface area contributed by atoms with Crippen molar-refractivity contribution in [1.29, 1.82) is 0 Å². The normalized spacial score (nSPS) is 18.6. The Morgan fingerprint density at radius 3 is 2.83 bits per heavy atom. The van der Waals surface area contributed by atoms with Gasteiger partial charge in [0.25, 0.3) is 0 Å². The van der Waals surface area contributed by atoms with E-state index in [0.29, 0.717) is 45.3 Å². The van der Waals surface area contributed by atoms with Gasteiger partial charge in [-0.15, -0.1) is 0 Å². The highest BCUT2D eigenvalue weighted by Crippen LogP contribution is 2.37. The molecule has 10 nitrogen and oxygen atoms in total. The average Bonchev–Trinajstić information content (AvgIpc) is 2.65. The number of carbonyl (C=O) groups is 2. The monoisotopic (exact) mass is 421 g/mol. The fourth-order valence-corrected chi connectivity index (χ4v) is 3.64. The number of aliphatic hydroxyl groups is 1. The molecule has 0 saturated carbocycles. The number of aromatic carboxylic acids is 1. The zero-order valence-electron chi connectivity index (χ0n) is 17.0. The van der Waals surface area contributed by atoms with Crippen LogP contribution in [0.25, 0.3) is 0 Å². The number of aryl methyl sites for hydroxylation is 1. The summed E-state index contributed by atoms with van der Waals surface area (Å²) in [5, 5.41) is 30.9. The van der Waals surface area contributed by atoms with Crippen molar-refractivity contribution in [3.63, 3.8) is 0 Å². The maximum absolute atomic E-state index is 12.2. The van der Waals surface area contributed by atoms with E-state index in [1.165, 1.54) is 0 Å². The summed E-state index contributed by atoms with van der Waals surface area (Å²) < 4.78 is 11.2. The molecule has 1 aromatic carbocycles. The summed E-state index contributed by atoms with van der Waals surface area (Å²) in [7, 11) is -1.03. The van der Waals surface area contributed by atoms with Gasteiger partial charge >= 0.3 is 13.1 Å². The highest BCUT2D eigenvalue weighted by molar-refractivity contribution is 6.44. The number of nitrogens with one attached hydrogen (secondary N) is 1. The SMILES string of the molecule is C[C@@](N)(CN1CC(Oc2ccc3c(c2C(=O)O)OB(O)CC3)C1)C(=O)NCCCO. The molecule has 1 fully saturated rings. The van der Waals surface area contributed by atoms with Crippen molar-refractivity contribution in [3.8, 4) is 11.5 Å². The van der Waals surface area contributed by atoms with Crippen molar-refractivity contribution in [3.05, 3.63) is 23.3 Å². The van der Waals surface area contributed by atoms with Crippen LogP contribution in [0.4, 0.5) is 0 Å². The molecule has 1 atom stereocenters. The van der Waals surface area contributed by atoms with Gasteiger partial charge in [0.05, 0.1) is 0 Å². The van der Waals surface area contributed by atoms with Gasteiger partial charge in [-0.2, -0.15) is 0 Å². The summed E-state index contributed by atoms with van der Waals surface area (Å²) in [6.45, 7) is 3.32. The van der Waals surface area contributed by atoms with Gasteiger partial charge in [-0.25, -0.2) is 4.79 Å². The van der Waals surface area contributed by atoms with Crippen LogP contribution in [0.15, 0.2) is 12.1 Å². The summed E-state index contributed by atoms with van der Waals surface area (Å²) >= 11 is 0. The quantitative estimate of drug-likeness (QED) is 0.252. The standard InChI is InChI=1S/C19H28BN3O7/c1-19(21,18(27)22-7-2-8-24)11-23-9-13(10-23)29-14-4-3-12-5-6-20(28)30-16(12)15(14)17(25)26/h3-4,13,24,28H,2,5-11,21H2,1H3,(H,22,27)(H,25,26)/t19-/m1/s1. The van der Waals surface area contributed by atoms with Gasteiger partial charge in [0, 0.05) is 32.8 Å². The molecular formula is C19H28BN3O7. The number of carboxylic acids is 1. The molecule has 164 valence electrons. The first kappa shape index (κ1) is 22.4. The van der Waals surface area contributed by atoms with Gasteiger partial charge in [0.1, 0.15) is 28.7 Å². The molecule has 2 aliphatic rings. The van der Waals surface area contributed by atoms with Crippen molar-refractivity contribution in [2.24, 2.45) is 5.73 Å². The van der Waals surface area contributed by atoms with Crippen LogP contribution in [-0.4, -0.2) is 83.6 Å². The number of ether oxygens (including phenoxy) is 1. The molecule has 0 bridgehead atoms. The van der Waals surface area contributed by atoms with Crippen LogP contribution in [0.3, 0.4) is 0 Å². The van der Waals surface area contributed by atoms with Gasteiger partial charge < -0.3 is 35.7 Å². The maximum atomic E-state index is 12.2. The second kappa shape index (κ2) is 9.21. The Balaban J connectivity index is 1.58. The molecule has 0 radical (unpaired) electrons. The van der Waals surface area contributed by atoms with E-state index in [0.717, 1.165) is 5.56 Å². The smallest absolute Gasteiger partial charge is 0.522 e. The van der Waals surface area contributed by atoms with Crippen LogP contribution in [0.1, 0.15) is 29.3 Å². The zero-order valence-corrected chi connectivity index (χ0v) is 17.0. The number of carbonyl (C=O) groups excluding carboxylic acids is 1. The topological polar surface area (TPSA) is 155 Å². The van der Waals surface area contributed by atoms with Gasteiger partial charge in [-0.3, -0.25) is 9.69 Å². The van der Waals surface area contributed by atoms with Crippen LogP contribution in [0.5, 0.6) is 11.5 Å². The Kier molecular flexibility index (Phi) is 6.86. The summed E-state index contributed by atoms with van der Waals surface area (Å²) in [5.74, 6) is -1.12. The molecule has 3 rings (SSSR count). The average molecular weight is 421 g/mol. The first-order valence-electron chi connectivity index (χ1n) is 10.0. The van der Waals surface area contributed by atoms with Crippen molar-refractivity contribution in [1.82, 2.24) is 10.2 Å². The second-order valence-corrected chi connectivity index (χ2v) is 8.03. The molecular weight excluding hydrogens is 393 g/mol. The predicted molar refractivity (Wildman–Crippen MR) is 109 cm³/mol. The third-order valence-corrected chi connectivity index (χ3v) is 5.24. The summed E-state index contributed by atoms with van der Waals surface area (Å²) in [4.78, 5) is 25.9. The lowest BCUT2D eigenvalue weighted by Gasteiger charge is -2.42. The lowest BCUT2D eigenvalue weighted by molar-refractivity contribution is -0.127. The van der Waals surface area contributed by atoms with Gasteiger partial charge in [-0.1, -0.05) is 6.07 Å². The van der Waals surface area contributed by atoms with Crippen LogP contribution >= 0.6 is 0 Å². The lowest BCUT2D eigenvalue weighted by Crippen LogP contribution is -2.64. The molecule has 1 aromatic rings. The van der Waals surface area contributed by atoms with Crippen LogP contribution in [-0.2, 0) is 11.2 Å². The van der Waals surface area contributed by atoms with Crippen molar-refractivity contribution in [2.45, 2.75) is 37.7 Å². The summed E-state index contributed by atoms with van der Waals surface area (Å²) in [6.07, 6.45) is 1.16. The van der Waals surface area contributed by atoms with E-state index in [-0.39, 0.29) is 35.7 Å². The van der Waals surface area contributed by atoms with Gasteiger partial charge in [0.2, 0.25) is 5.91 Å². The predicted octanol–water partition coefficient (Wildman–Crippen LogP) is -0.921. The van der Waals surface area contributed by atoms with Gasteiger partial charge in [0.15, 0.2) is 0 Å². The number of nitrogens with two attached hydrogens (primary N) is 1. The second-order valence-electron chi connectivity index (χ2n) is 8.03. The maximum Gasteiger partial charge on any atom is 0.522 e. The molecule has 0 spiro atoms. The molecule has 0 aromatic heterocycles. The fourth-order valence-electron chi connectivity index (χ4n) is 3.64. The number of hydrogen-bond acceptors (Lipinski definition) is 8. The Morgan fingerprint density at radius 1 is 1.43 bits per heavy atom.